The molecule has 1 fully saturated rings. The fourth-order valence-electron chi connectivity index (χ4n) is 2.51. The van der Waals surface area contributed by atoms with E-state index in [-0.39, 0.29) is 9.99 Å². The Morgan fingerprint density at radius 2 is 1.91 bits per heavy atom. The van der Waals surface area contributed by atoms with Gasteiger partial charge in [-0.3, -0.25) is 4.79 Å². The predicted octanol–water partition coefficient (Wildman–Crippen LogP) is 3.34. The van der Waals surface area contributed by atoms with Crippen molar-refractivity contribution in [2.45, 2.75) is 30.3 Å². The molecule has 0 aliphatic carbocycles. The van der Waals surface area contributed by atoms with Crippen molar-refractivity contribution in [2.24, 2.45) is 0 Å². The molecule has 0 radical (unpaired) electrons. The molecule has 0 atom stereocenters. The van der Waals surface area contributed by atoms with Crippen molar-refractivity contribution in [3.8, 4) is 11.5 Å². The standard InChI is InChI=1S/C17H25NO3S2/c1-17(22-10-11-23-17)8-6-16(19)18-9-7-13-4-5-14(20-2)15(12-13)21-3/h4-5,12H,6-11H2,1-3H3,(H,18,19). The fourth-order valence-corrected chi connectivity index (χ4v) is 5.37. The quantitative estimate of drug-likeness (QED) is 0.775. The zero-order chi connectivity index (χ0) is 16.7. The molecule has 0 aromatic heterocycles. The maximum absolute atomic E-state index is 12.0. The lowest BCUT2D eigenvalue weighted by molar-refractivity contribution is -0.121. The van der Waals surface area contributed by atoms with Crippen molar-refractivity contribution < 1.29 is 14.3 Å². The Labute approximate surface area is 147 Å². The number of benzene rings is 1. The molecule has 1 saturated heterocycles. The van der Waals surface area contributed by atoms with Gasteiger partial charge in [0.1, 0.15) is 0 Å². The maximum atomic E-state index is 12.0. The third kappa shape index (κ3) is 5.53. The molecule has 4 nitrogen and oxygen atoms in total. The van der Waals surface area contributed by atoms with Gasteiger partial charge in [0, 0.05) is 24.5 Å². The first-order valence-electron chi connectivity index (χ1n) is 7.82. The van der Waals surface area contributed by atoms with Gasteiger partial charge < -0.3 is 14.8 Å². The lowest BCUT2D eigenvalue weighted by Crippen LogP contribution is -2.27. The Morgan fingerprint density at radius 3 is 2.57 bits per heavy atom. The van der Waals surface area contributed by atoms with Crippen LogP contribution in [0.4, 0.5) is 0 Å². The summed E-state index contributed by atoms with van der Waals surface area (Å²) in [7, 11) is 3.25. The summed E-state index contributed by atoms with van der Waals surface area (Å²) in [5, 5.41) is 3.01. The summed E-state index contributed by atoms with van der Waals surface area (Å²) in [6, 6.07) is 5.85. The lowest BCUT2D eigenvalue weighted by atomic mass is 10.1. The molecule has 6 heteroatoms. The van der Waals surface area contributed by atoms with Crippen LogP contribution >= 0.6 is 23.5 Å². The fraction of sp³-hybridized carbons (Fsp3) is 0.588. The zero-order valence-corrected chi connectivity index (χ0v) is 15.6. The lowest BCUT2D eigenvalue weighted by Gasteiger charge is -2.21. The summed E-state index contributed by atoms with van der Waals surface area (Å²) in [5.41, 5.74) is 1.12. The largest absolute Gasteiger partial charge is 0.493 e. The van der Waals surface area contributed by atoms with Crippen LogP contribution in [0.2, 0.25) is 0 Å². The Kier molecular flexibility index (Phi) is 6.96. The highest BCUT2D eigenvalue weighted by Crippen LogP contribution is 2.46. The van der Waals surface area contributed by atoms with Crippen molar-refractivity contribution in [3.05, 3.63) is 23.8 Å². The molecule has 1 aromatic rings. The summed E-state index contributed by atoms with van der Waals surface area (Å²) < 4.78 is 10.7. The van der Waals surface area contributed by atoms with E-state index in [0.717, 1.165) is 29.9 Å². The van der Waals surface area contributed by atoms with Crippen molar-refractivity contribution in [2.75, 3.05) is 32.3 Å². The smallest absolute Gasteiger partial charge is 0.220 e. The van der Waals surface area contributed by atoms with Crippen LogP contribution in [0, 0.1) is 0 Å². The molecule has 1 amide bonds. The summed E-state index contributed by atoms with van der Waals surface area (Å²) >= 11 is 3.94. The highest BCUT2D eigenvalue weighted by molar-refractivity contribution is 8.21. The van der Waals surface area contributed by atoms with E-state index in [1.54, 1.807) is 14.2 Å². The molecule has 23 heavy (non-hydrogen) atoms. The van der Waals surface area contributed by atoms with Crippen molar-refractivity contribution >= 4 is 29.4 Å². The van der Waals surface area contributed by atoms with Crippen molar-refractivity contribution in [1.82, 2.24) is 5.32 Å². The number of hydrogen-bond acceptors (Lipinski definition) is 5. The number of rotatable bonds is 8. The third-order valence-corrected chi connectivity index (χ3v) is 7.30. The van der Waals surface area contributed by atoms with Crippen LogP contribution in [0.15, 0.2) is 18.2 Å². The summed E-state index contributed by atoms with van der Waals surface area (Å²) in [6.07, 6.45) is 2.32. The summed E-state index contributed by atoms with van der Waals surface area (Å²) in [6.45, 7) is 2.89. The molecule has 1 N–H and O–H groups in total. The Hall–Kier alpha value is -1.01. The van der Waals surface area contributed by atoms with E-state index in [4.69, 9.17) is 9.47 Å². The minimum Gasteiger partial charge on any atom is -0.493 e. The Bertz CT molecular complexity index is 531. The van der Waals surface area contributed by atoms with Gasteiger partial charge in [-0.15, -0.1) is 23.5 Å². The molecule has 0 spiro atoms. The number of carbonyl (C=O) groups is 1. The van der Waals surface area contributed by atoms with Crippen molar-refractivity contribution in [3.63, 3.8) is 0 Å². The van der Waals surface area contributed by atoms with Crippen LogP contribution in [0.25, 0.3) is 0 Å². The normalized spacial score (nSPS) is 16.1. The number of ether oxygens (including phenoxy) is 2. The van der Waals surface area contributed by atoms with E-state index < -0.39 is 0 Å². The SMILES string of the molecule is COc1ccc(CCNC(=O)CCC2(C)SCCS2)cc1OC. The summed E-state index contributed by atoms with van der Waals surface area (Å²) in [5.74, 6) is 3.98. The molecule has 0 saturated carbocycles. The third-order valence-electron chi connectivity index (χ3n) is 3.89. The Morgan fingerprint density at radius 1 is 1.22 bits per heavy atom. The predicted molar refractivity (Wildman–Crippen MR) is 98.8 cm³/mol. The van der Waals surface area contributed by atoms with Gasteiger partial charge in [-0.05, 0) is 37.5 Å². The minimum atomic E-state index is 0.139. The number of thioether (sulfide) groups is 2. The number of nitrogens with one attached hydrogen (secondary N) is 1. The van der Waals surface area contributed by atoms with E-state index in [1.165, 1.54) is 11.5 Å². The number of hydrogen-bond donors (Lipinski definition) is 1. The molecule has 2 rings (SSSR count). The topological polar surface area (TPSA) is 47.6 Å². The molecule has 1 heterocycles. The van der Waals surface area contributed by atoms with Gasteiger partial charge in [-0.25, -0.2) is 0 Å². The van der Waals surface area contributed by atoms with Crippen LogP contribution in [0.3, 0.4) is 0 Å². The monoisotopic (exact) mass is 355 g/mol. The van der Waals surface area contributed by atoms with Gasteiger partial charge in [-0.1, -0.05) is 6.07 Å². The molecule has 1 aliphatic heterocycles. The average molecular weight is 356 g/mol. The minimum absolute atomic E-state index is 0.139. The van der Waals surface area contributed by atoms with E-state index in [1.807, 2.05) is 41.7 Å². The van der Waals surface area contributed by atoms with Crippen LogP contribution in [-0.4, -0.2) is 42.3 Å². The number of methoxy groups -OCH3 is 2. The first-order valence-corrected chi connectivity index (χ1v) is 9.79. The van der Waals surface area contributed by atoms with Gasteiger partial charge in [0.2, 0.25) is 5.91 Å². The van der Waals surface area contributed by atoms with Crippen LogP contribution < -0.4 is 14.8 Å². The molecule has 0 unspecified atom stereocenters. The number of amides is 1. The molecular formula is C17H25NO3S2. The maximum Gasteiger partial charge on any atom is 0.220 e. The van der Waals surface area contributed by atoms with Gasteiger partial charge in [0.05, 0.1) is 18.3 Å². The highest BCUT2D eigenvalue weighted by Gasteiger charge is 2.30. The average Bonchev–Trinajstić information content (AvgIpc) is 3.00. The van der Waals surface area contributed by atoms with Gasteiger partial charge in [0.25, 0.3) is 0 Å². The van der Waals surface area contributed by atoms with Crippen LogP contribution in [-0.2, 0) is 11.2 Å². The molecule has 128 valence electrons. The molecule has 0 bridgehead atoms. The number of carbonyl (C=O) groups excluding carboxylic acids is 1. The Balaban J connectivity index is 1.73. The van der Waals surface area contributed by atoms with E-state index in [2.05, 4.69) is 12.2 Å². The first-order chi connectivity index (χ1) is 11.1. The van der Waals surface area contributed by atoms with Crippen molar-refractivity contribution in [1.29, 1.82) is 0 Å². The second-order valence-corrected chi connectivity index (χ2v) is 9.07. The van der Waals surface area contributed by atoms with E-state index in [9.17, 15) is 4.79 Å². The summed E-state index contributed by atoms with van der Waals surface area (Å²) in [4.78, 5) is 12.0. The zero-order valence-electron chi connectivity index (χ0n) is 14.0. The first kappa shape index (κ1) is 18.3. The molecule has 1 aromatic carbocycles. The van der Waals surface area contributed by atoms with Crippen LogP contribution in [0.5, 0.6) is 11.5 Å². The second kappa shape index (κ2) is 8.73. The van der Waals surface area contributed by atoms with Gasteiger partial charge >= 0.3 is 0 Å². The van der Waals surface area contributed by atoms with E-state index in [0.29, 0.717) is 13.0 Å². The van der Waals surface area contributed by atoms with E-state index >= 15 is 0 Å². The van der Waals surface area contributed by atoms with Gasteiger partial charge in [-0.2, -0.15) is 0 Å². The van der Waals surface area contributed by atoms with Gasteiger partial charge in [0.15, 0.2) is 11.5 Å². The van der Waals surface area contributed by atoms with Crippen LogP contribution in [0.1, 0.15) is 25.3 Å². The molecule has 1 aliphatic rings. The second-order valence-electron chi connectivity index (χ2n) is 5.62. The highest BCUT2D eigenvalue weighted by atomic mass is 32.2. The molecular weight excluding hydrogens is 330 g/mol.